The van der Waals surface area contributed by atoms with Gasteiger partial charge in [-0.25, -0.2) is 15.4 Å². The van der Waals surface area contributed by atoms with E-state index in [4.69, 9.17) is 5.21 Å². The Morgan fingerprint density at radius 3 is 2.50 bits per heavy atom. The lowest BCUT2D eigenvalue weighted by atomic mass is 10.0. The Balaban J connectivity index is 1.27. The van der Waals surface area contributed by atoms with Crippen LogP contribution in [0.3, 0.4) is 0 Å². The summed E-state index contributed by atoms with van der Waals surface area (Å²) >= 11 is 0. The van der Waals surface area contributed by atoms with Crippen LogP contribution >= 0.6 is 0 Å². The van der Waals surface area contributed by atoms with E-state index in [0.717, 1.165) is 19.6 Å². The number of aromatic nitrogens is 2. The largest absolute Gasteiger partial charge is 0.340 e. The smallest absolute Gasteiger partial charge is 0.277 e. The van der Waals surface area contributed by atoms with Gasteiger partial charge in [-0.15, -0.1) is 0 Å². The second kappa shape index (κ2) is 7.01. The van der Waals surface area contributed by atoms with Crippen LogP contribution in [0.1, 0.15) is 28.8 Å². The highest BCUT2D eigenvalue weighted by atomic mass is 16.5. The molecular weight excluding hydrogens is 330 g/mol. The first-order valence-corrected chi connectivity index (χ1v) is 8.97. The van der Waals surface area contributed by atoms with Gasteiger partial charge in [0, 0.05) is 38.1 Å². The van der Waals surface area contributed by atoms with Crippen molar-refractivity contribution in [2.24, 2.45) is 11.8 Å². The van der Waals surface area contributed by atoms with E-state index in [0.29, 0.717) is 29.7 Å². The lowest BCUT2D eigenvalue weighted by molar-refractivity contribution is 0.0705. The molecule has 4 rings (SSSR count). The van der Waals surface area contributed by atoms with Crippen molar-refractivity contribution in [3.8, 4) is 0 Å². The summed E-state index contributed by atoms with van der Waals surface area (Å²) in [4.78, 5) is 22.0. The van der Waals surface area contributed by atoms with Crippen LogP contribution in [0.5, 0.6) is 0 Å². The minimum atomic E-state index is -0.599. The number of fused-ring (bicyclic) bond motifs is 1. The van der Waals surface area contributed by atoms with Crippen LogP contribution in [0.4, 0.5) is 5.95 Å². The van der Waals surface area contributed by atoms with Crippen LogP contribution in [0.2, 0.25) is 0 Å². The second-order valence-corrected chi connectivity index (χ2v) is 7.19. The number of carbonyl (C=O) groups excluding carboxylic acids is 1. The molecule has 2 aliphatic rings. The number of piperidine rings is 1. The van der Waals surface area contributed by atoms with E-state index in [1.165, 1.54) is 18.0 Å². The van der Waals surface area contributed by atoms with Crippen molar-refractivity contribution in [1.82, 2.24) is 20.8 Å². The summed E-state index contributed by atoms with van der Waals surface area (Å²) < 4.78 is 0. The molecule has 0 bridgehead atoms. The van der Waals surface area contributed by atoms with Gasteiger partial charge >= 0.3 is 0 Å². The summed E-state index contributed by atoms with van der Waals surface area (Å²) in [5.74, 6) is 1.83. The number of rotatable bonds is 6. The second-order valence-electron chi connectivity index (χ2n) is 7.19. The highest BCUT2D eigenvalue weighted by Crippen LogP contribution is 2.46. The predicted molar refractivity (Wildman–Crippen MR) is 97.1 cm³/mol. The number of hydrogen-bond donors (Lipinski definition) is 3. The van der Waals surface area contributed by atoms with Gasteiger partial charge in [-0.1, -0.05) is 37.3 Å². The molecule has 7 nitrogen and oxygen atoms in total. The van der Waals surface area contributed by atoms with Crippen LogP contribution in [0.25, 0.3) is 0 Å². The van der Waals surface area contributed by atoms with Gasteiger partial charge in [0.05, 0.1) is 5.56 Å². The molecule has 136 valence electrons. The summed E-state index contributed by atoms with van der Waals surface area (Å²) in [6.45, 7) is 5.12. The molecule has 1 aliphatic heterocycles. The van der Waals surface area contributed by atoms with Gasteiger partial charge < -0.3 is 10.2 Å². The monoisotopic (exact) mass is 353 g/mol. The first-order valence-electron chi connectivity index (χ1n) is 8.97. The Morgan fingerprint density at radius 1 is 1.23 bits per heavy atom. The molecule has 2 heterocycles. The van der Waals surface area contributed by atoms with Gasteiger partial charge in [0.15, 0.2) is 0 Å². The number of nitrogens with zero attached hydrogens (tertiary/aromatic N) is 3. The third-order valence-electron chi connectivity index (χ3n) is 5.51. The van der Waals surface area contributed by atoms with E-state index in [-0.39, 0.29) is 5.56 Å². The van der Waals surface area contributed by atoms with Crippen LogP contribution in [0, 0.1) is 11.8 Å². The summed E-state index contributed by atoms with van der Waals surface area (Å²) in [6, 6.07) is 11.2. The third kappa shape index (κ3) is 3.27. The van der Waals surface area contributed by atoms with Crippen molar-refractivity contribution < 1.29 is 10.0 Å². The molecule has 3 atom stereocenters. The first kappa shape index (κ1) is 16.9. The summed E-state index contributed by atoms with van der Waals surface area (Å²) in [7, 11) is 0. The Morgan fingerprint density at radius 2 is 1.88 bits per heavy atom. The summed E-state index contributed by atoms with van der Waals surface area (Å²) in [5.41, 5.74) is 3.20. The van der Waals surface area contributed by atoms with Gasteiger partial charge in [0.25, 0.3) is 5.91 Å². The fourth-order valence-corrected chi connectivity index (χ4v) is 3.87. The molecule has 1 saturated heterocycles. The Labute approximate surface area is 152 Å². The minimum absolute atomic E-state index is 0.245. The van der Waals surface area contributed by atoms with Gasteiger partial charge in [-0.3, -0.25) is 10.0 Å². The number of carbonyl (C=O) groups is 1. The molecular formula is C19H23N5O2. The maximum atomic E-state index is 11.3. The van der Waals surface area contributed by atoms with Crippen molar-refractivity contribution in [2.75, 3.05) is 24.5 Å². The van der Waals surface area contributed by atoms with E-state index in [2.05, 4.69) is 51.4 Å². The third-order valence-corrected chi connectivity index (χ3v) is 5.51. The highest BCUT2D eigenvalue weighted by Gasteiger charge is 2.55. The molecule has 3 unspecified atom stereocenters. The van der Waals surface area contributed by atoms with E-state index in [9.17, 15) is 4.79 Å². The number of benzene rings is 1. The van der Waals surface area contributed by atoms with E-state index < -0.39 is 5.91 Å². The fourth-order valence-electron chi connectivity index (χ4n) is 3.87. The Bertz CT molecular complexity index is 755. The highest BCUT2D eigenvalue weighted by molar-refractivity contribution is 5.92. The Hall–Kier alpha value is -2.51. The van der Waals surface area contributed by atoms with Crippen LogP contribution < -0.4 is 15.7 Å². The van der Waals surface area contributed by atoms with Gasteiger partial charge in [0.1, 0.15) is 0 Å². The molecule has 26 heavy (non-hydrogen) atoms. The number of nitrogens with one attached hydrogen (secondary N) is 2. The quantitative estimate of drug-likeness (QED) is 0.538. The van der Waals surface area contributed by atoms with E-state index in [1.54, 1.807) is 5.48 Å². The van der Waals surface area contributed by atoms with Crippen LogP contribution in [-0.2, 0) is 0 Å². The average molecular weight is 353 g/mol. The summed E-state index contributed by atoms with van der Waals surface area (Å²) in [5, 5.41) is 12.3. The van der Waals surface area contributed by atoms with Crippen molar-refractivity contribution in [3.05, 3.63) is 53.9 Å². The zero-order valence-corrected chi connectivity index (χ0v) is 14.7. The molecule has 1 aromatic carbocycles. The van der Waals surface area contributed by atoms with E-state index >= 15 is 0 Å². The molecule has 1 amide bonds. The fraction of sp³-hybridized carbons (Fsp3) is 0.421. The predicted octanol–water partition coefficient (Wildman–Crippen LogP) is 1.42. The molecule has 2 fully saturated rings. The number of hydroxylamine groups is 1. The molecule has 0 spiro atoms. The van der Waals surface area contributed by atoms with Gasteiger partial charge in [0.2, 0.25) is 5.95 Å². The van der Waals surface area contributed by atoms with Crippen LogP contribution in [0.15, 0.2) is 42.7 Å². The van der Waals surface area contributed by atoms with Crippen molar-refractivity contribution in [1.29, 1.82) is 0 Å². The number of amides is 1. The van der Waals surface area contributed by atoms with Gasteiger partial charge in [-0.05, 0) is 23.3 Å². The molecule has 0 radical (unpaired) electrons. The van der Waals surface area contributed by atoms with Crippen molar-refractivity contribution in [2.45, 2.75) is 18.9 Å². The van der Waals surface area contributed by atoms with Crippen LogP contribution in [-0.4, -0.2) is 46.8 Å². The maximum Gasteiger partial charge on any atom is 0.277 e. The average Bonchev–Trinajstić information content (AvgIpc) is 3.15. The summed E-state index contributed by atoms with van der Waals surface area (Å²) in [6.07, 6.45) is 2.88. The number of hydrogen-bond acceptors (Lipinski definition) is 6. The zero-order chi connectivity index (χ0) is 18.1. The normalized spacial score (nSPS) is 24.8. The molecule has 2 aromatic rings. The molecule has 7 heteroatoms. The standard InChI is InChI=1S/C19H23N5O2/c1-12(13-5-3-2-4-6-13)7-20-17-15-10-24(11-16(15)17)19-21-8-14(9-22-19)18(25)23-26/h2-6,8-9,12,15-17,20,26H,7,10-11H2,1H3,(H,23,25). The topological polar surface area (TPSA) is 90.4 Å². The van der Waals surface area contributed by atoms with Gasteiger partial charge in [-0.2, -0.15) is 0 Å². The van der Waals surface area contributed by atoms with Crippen molar-refractivity contribution >= 4 is 11.9 Å². The maximum absolute atomic E-state index is 11.3. The lowest BCUT2D eigenvalue weighted by Gasteiger charge is -2.21. The molecule has 1 aliphatic carbocycles. The zero-order valence-electron chi connectivity index (χ0n) is 14.7. The SMILES string of the molecule is CC(CNC1C2CN(c3ncc(C(=O)NO)cn3)CC21)c1ccccc1. The molecule has 3 N–H and O–H groups in total. The Kier molecular flexibility index (Phi) is 4.57. The number of anilines is 1. The van der Waals surface area contributed by atoms with Crippen molar-refractivity contribution in [3.63, 3.8) is 0 Å². The first-order chi connectivity index (χ1) is 12.7. The minimum Gasteiger partial charge on any atom is -0.340 e. The lowest BCUT2D eigenvalue weighted by Crippen LogP contribution is -2.33. The van der Waals surface area contributed by atoms with E-state index in [1.807, 2.05) is 6.07 Å². The molecule has 1 aromatic heterocycles. The molecule has 1 saturated carbocycles.